The van der Waals surface area contributed by atoms with E-state index >= 15 is 0 Å². The minimum Gasteiger partial charge on any atom is -0.312 e. The molecule has 5 heteroatoms. The van der Waals surface area contributed by atoms with Gasteiger partial charge in [0.1, 0.15) is 0 Å². The normalized spacial score (nSPS) is 32.7. The van der Waals surface area contributed by atoms with E-state index < -0.39 is 0 Å². The van der Waals surface area contributed by atoms with Gasteiger partial charge in [-0.3, -0.25) is 10.0 Å². The number of likely N-dealkylation sites (tertiary alicyclic amines) is 1. The number of carbonyl (C=O) groups is 1. The second kappa shape index (κ2) is 4.92. The van der Waals surface area contributed by atoms with Gasteiger partial charge >= 0.3 is 0 Å². The highest BCUT2D eigenvalue weighted by atomic mass is 16.5. The van der Waals surface area contributed by atoms with Gasteiger partial charge in [-0.1, -0.05) is 0 Å². The van der Waals surface area contributed by atoms with Crippen molar-refractivity contribution in [2.45, 2.75) is 37.8 Å². The van der Waals surface area contributed by atoms with Crippen LogP contribution >= 0.6 is 0 Å². The van der Waals surface area contributed by atoms with Gasteiger partial charge in [0, 0.05) is 18.0 Å². The lowest BCUT2D eigenvalue weighted by atomic mass is 9.79. The molecule has 0 bridgehead atoms. The molecule has 1 rings (SSSR count). The highest BCUT2D eigenvalue weighted by Gasteiger charge is 2.41. The summed E-state index contributed by atoms with van der Waals surface area (Å²) in [4.78, 5) is 13.5. The Bertz CT molecular complexity index is 235. The van der Waals surface area contributed by atoms with E-state index in [2.05, 4.69) is 24.2 Å². The minimum atomic E-state index is -0.327. The van der Waals surface area contributed by atoms with Gasteiger partial charge in [0.15, 0.2) is 0 Å². The average molecular weight is 215 g/mol. The van der Waals surface area contributed by atoms with Crippen molar-refractivity contribution in [2.75, 3.05) is 20.6 Å². The van der Waals surface area contributed by atoms with Crippen molar-refractivity contribution in [3.63, 3.8) is 0 Å². The van der Waals surface area contributed by atoms with Gasteiger partial charge < -0.3 is 10.2 Å². The van der Waals surface area contributed by atoms with Crippen molar-refractivity contribution in [2.24, 2.45) is 0 Å². The Hall–Kier alpha value is -0.650. The Morgan fingerprint density at radius 1 is 1.67 bits per heavy atom. The number of likely N-dealkylation sites (N-methyl/N-ethyl adjacent to an activating group) is 2. The number of hydrogen-bond donors (Lipinski definition) is 3. The van der Waals surface area contributed by atoms with Crippen LogP contribution in [0.25, 0.3) is 0 Å². The summed E-state index contributed by atoms with van der Waals surface area (Å²) in [6.45, 7) is 3.17. The molecule has 1 aliphatic heterocycles. The number of hydrogen-bond acceptors (Lipinski definition) is 4. The Kier molecular flexibility index (Phi) is 4.07. The standard InChI is InChI=1S/C10H21N3O2/c1-8-10(11-2,7-9(14)12-15)5-4-6-13(8)3/h8,11,15H,4-7H2,1-3H3,(H,12,14)/t8-,10-/m0/s1. The molecule has 15 heavy (non-hydrogen) atoms. The minimum absolute atomic E-state index is 0.222. The van der Waals surface area contributed by atoms with Crippen molar-refractivity contribution in [3.8, 4) is 0 Å². The average Bonchev–Trinajstić information content (AvgIpc) is 2.24. The molecule has 0 aromatic heterocycles. The predicted octanol–water partition coefficient (Wildman–Crippen LogP) is -0.0458. The van der Waals surface area contributed by atoms with Gasteiger partial charge in [-0.2, -0.15) is 0 Å². The molecule has 88 valence electrons. The molecule has 1 saturated heterocycles. The van der Waals surface area contributed by atoms with E-state index in [0.717, 1.165) is 19.4 Å². The molecule has 1 amide bonds. The van der Waals surface area contributed by atoms with Crippen LogP contribution in [0.5, 0.6) is 0 Å². The number of rotatable bonds is 3. The molecule has 2 atom stereocenters. The van der Waals surface area contributed by atoms with E-state index in [-0.39, 0.29) is 17.5 Å². The van der Waals surface area contributed by atoms with E-state index in [9.17, 15) is 4.79 Å². The Morgan fingerprint density at radius 3 is 2.87 bits per heavy atom. The van der Waals surface area contributed by atoms with Crippen LogP contribution < -0.4 is 10.8 Å². The maximum absolute atomic E-state index is 11.3. The molecule has 3 N–H and O–H groups in total. The number of hydroxylamine groups is 1. The zero-order valence-electron chi connectivity index (χ0n) is 9.71. The number of nitrogens with one attached hydrogen (secondary N) is 2. The third-order valence-electron chi connectivity index (χ3n) is 3.69. The summed E-state index contributed by atoms with van der Waals surface area (Å²) in [6, 6.07) is 0.286. The largest absolute Gasteiger partial charge is 0.312 e. The fourth-order valence-corrected chi connectivity index (χ4v) is 2.45. The number of piperidine rings is 1. The first kappa shape index (κ1) is 12.4. The maximum atomic E-state index is 11.3. The van der Waals surface area contributed by atoms with Crippen molar-refractivity contribution >= 4 is 5.91 Å². The second-order valence-electron chi connectivity index (χ2n) is 4.38. The first-order chi connectivity index (χ1) is 7.05. The Labute approximate surface area is 90.8 Å². The summed E-state index contributed by atoms with van der Waals surface area (Å²) in [5, 5.41) is 11.8. The van der Waals surface area contributed by atoms with E-state index in [1.54, 1.807) is 5.48 Å². The fourth-order valence-electron chi connectivity index (χ4n) is 2.45. The fraction of sp³-hybridized carbons (Fsp3) is 0.900. The molecular formula is C10H21N3O2. The van der Waals surface area contributed by atoms with Gasteiger partial charge in [-0.25, -0.2) is 5.48 Å². The SMILES string of the molecule is CN[C@]1(CC(=O)NO)CCCN(C)[C@H]1C. The van der Waals surface area contributed by atoms with Crippen molar-refractivity contribution in [3.05, 3.63) is 0 Å². The summed E-state index contributed by atoms with van der Waals surface area (Å²) in [6.07, 6.45) is 2.34. The lowest BCUT2D eigenvalue weighted by Gasteiger charge is -2.47. The van der Waals surface area contributed by atoms with Crippen LogP contribution in [0.15, 0.2) is 0 Å². The van der Waals surface area contributed by atoms with Gasteiger partial charge in [0.05, 0.1) is 0 Å². The molecule has 0 radical (unpaired) electrons. The number of amides is 1. The molecule has 1 fully saturated rings. The Balaban J connectivity index is 2.77. The second-order valence-corrected chi connectivity index (χ2v) is 4.38. The summed E-state index contributed by atoms with van der Waals surface area (Å²) in [5.41, 5.74) is 1.49. The lowest BCUT2D eigenvalue weighted by molar-refractivity contribution is -0.132. The van der Waals surface area contributed by atoms with Gasteiger partial charge in [0.2, 0.25) is 5.91 Å². The van der Waals surface area contributed by atoms with Crippen LogP contribution in [0, 0.1) is 0 Å². The van der Waals surface area contributed by atoms with E-state index in [1.165, 1.54) is 0 Å². The van der Waals surface area contributed by atoms with Crippen molar-refractivity contribution < 1.29 is 10.0 Å². The van der Waals surface area contributed by atoms with Crippen LogP contribution in [0.3, 0.4) is 0 Å². The molecule has 0 aliphatic carbocycles. The first-order valence-electron chi connectivity index (χ1n) is 5.38. The van der Waals surface area contributed by atoms with Crippen LogP contribution in [-0.2, 0) is 4.79 Å². The quantitative estimate of drug-likeness (QED) is 0.456. The highest BCUT2D eigenvalue weighted by molar-refractivity contribution is 5.76. The summed E-state index contributed by atoms with van der Waals surface area (Å²) in [7, 11) is 3.94. The van der Waals surface area contributed by atoms with Crippen LogP contribution in [-0.4, -0.2) is 48.2 Å². The molecule has 1 aliphatic rings. The third-order valence-corrected chi connectivity index (χ3v) is 3.69. The molecule has 5 nitrogen and oxygen atoms in total. The van der Waals surface area contributed by atoms with E-state index in [1.807, 2.05) is 7.05 Å². The number of carbonyl (C=O) groups excluding carboxylic acids is 1. The Morgan fingerprint density at radius 2 is 2.33 bits per heavy atom. The van der Waals surface area contributed by atoms with E-state index in [4.69, 9.17) is 5.21 Å². The van der Waals surface area contributed by atoms with Crippen molar-refractivity contribution in [1.82, 2.24) is 15.7 Å². The maximum Gasteiger partial charge on any atom is 0.245 e. The first-order valence-corrected chi connectivity index (χ1v) is 5.38. The molecule has 0 aromatic carbocycles. The molecule has 0 saturated carbocycles. The summed E-state index contributed by atoms with van der Waals surface area (Å²) in [5.74, 6) is -0.327. The molecule has 1 heterocycles. The number of nitrogens with zero attached hydrogens (tertiary/aromatic N) is 1. The molecule has 0 spiro atoms. The van der Waals surface area contributed by atoms with Crippen LogP contribution in [0.1, 0.15) is 26.2 Å². The smallest absolute Gasteiger partial charge is 0.245 e. The molecule has 0 aromatic rings. The topological polar surface area (TPSA) is 64.6 Å². The zero-order valence-corrected chi connectivity index (χ0v) is 9.71. The lowest BCUT2D eigenvalue weighted by Crippen LogP contribution is -2.62. The molecule has 0 unspecified atom stereocenters. The van der Waals surface area contributed by atoms with Gasteiger partial charge in [-0.05, 0) is 40.4 Å². The summed E-state index contributed by atoms with van der Waals surface area (Å²) >= 11 is 0. The molecular weight excluding hydrogens is 194 g/mol. The van der Waals surface area contributed by atoms with Crippen molar-refractivity contribution in [1.29, 1.82) is 0 Å². The third kappa shape index (κ3) is 2.48. The summed E-state index contributed by atoms with van der Waals surface area (Å²) < 4.78 is 0. The van der Waals surface area contributed by atoms with Gasteiger partial charge in [0.25, 0.3) is 0 Å². The van der Waals surface area contributed by atoms with E-state index in [0.29, 0.717) is 6.42 Å². The van der Waals surface area contributed by atoms with Gasteiger partial charge in [-0.15, -0.1) is 0 Å². The monoisotopic (exact) mass is 215 g/mol. The predicted molar refractivity (Wildman–Crippen MR) is 57.7 cm³/mol. The zero-order chi connectivity index (χ0) is 11.5. The van der Waals surface area contributed by atoms with Crippen LogP contribution in [0.2, 0.25) is 0 Å². The highest BCUT2D eigenvalue weighted by Crippen LogP contribution is 2.29. The van der Waals surface area contributed by atoms with Crippen LogP contribution in [0.4, 0.5) is 0 Å².